The van der Waals surface area contributed by atoms with Gasteiger partial charge in [0.1, 0.15) is 23.9 Å². The first-order chi connectivity index (χ1) is 15.9. The molecule has 0 spiro atoms. The van der Waals surface area contributed by atoms with Crippen LogP contribution in [0.4, 0.5) is 0 Å². The summed E-state index contributed by atoms with van der Waals surface area (Å²) < 4.78 is 13.0. The molecule has 0 saturated carbocycles. The molecule has 1 aromatic heterocycles. The van der Waals surface area contributed by atoms with E-state index in [4.69, 9.17) is 14.5 Å². The molecule has 0 saturated heterocycles. The molecular formula is C28H30N2O3. The minimum Gasteiger partial charge on any atom is -0.497 e. The van der Waals surface area contributed by atoms with Crippen molar-refractivity contribution in [1.29, 1.82) is 0 Å². The van der Waals surface area contributed by atoms with E-state index in [1.807, 2.05) is 60.7 Å². The molecule has 4 aromatic rings. The summed E-state index contributed by atoms with van der Waals surface area (Å²) in [6, 6.07) is 23.2. The molecule has 0 bridgehead atoms. The van der Waals surface area contributed by atoms with Crippen LogP contribution in [0.3, 0.4) is 0 Å². The molecule has 0 radical (unpaired) electrons. The Labute approximate surface area is 194 Å². The third kappa shape index (κ3) is 4.77. The van der Waals surface area contributed by atoms with Crippen LogP contribution in [0, 0.1) is 0 Å². The Morgan fingerprint density at radius 3 is 2.24 bits per heavy atom. The monoisotopic (exact) mass is 442 g/mol. The highest BCUT2D eigenvalue weighted by atomic mass is 16.5. The largest absolute Gasteiger partial charge is 0.497 e. The van der Waals surface area contributed by atoms with Crippen LogP contribution in [-0.2, 0) is 12.0 Å². The van der Waals surface area contributed by atoms with Crippen molar-refractivity contribution >= 4 is 10.9 Å². The summed E-state index contributed by atoms with van der Waals surface area (Å²) in [5.41, 5.74) is 2.88. The van der Waals surface area contributed by atoms with Crippen LogP contribution in [0.25, 0.3) is 22.3 Å². The van der Waals surface area contributed by atoms with Gasteiger partial charge in [0.15, 0.2) is 0 Å². The highest BCUT2D eigenvalue weighted by molar-refractivity contribution is 5.79. The number of methoxy groups -OCH3 is 1. The standard InChI is InChI=1S/C28H30N2O3/c1-5-28(2,3)21-12-16-23(17-13-21)33-19-18-30-26(20-10-14-22(32-4)15-11-20)29-25-9-7-6-8-24(25)27(30)31/h6-17H,5,18-19H2,1-4H3. The van der Waals surface area contributed by atoms with Crippen LogP contribution >= 0.6 is 0 Å². The minimum absolute atomic E-state index is 0.0740. The van der Waals surface area contributed by atoms with Crippen molar-refractivity contribution in [1.82, 2.24) is 9.55 Å². The van der Waals surface area contributed by atoms with Crippen molar-refractivity contribution in [2.24, 2.45) is 0 Å². The van der Waals surface area contributed by atoms with Gasteiger partial charge in [0.25, 0.3) is 5.56 Å². The molecule has 5 nitrogen and oxygen atoms in total. The Hall–Kier alpha value is -3.60. The molecule has 33 heavy (non-hydrogen) atoms. The summed E-state index contributed by atoms with van der Waals surface area (Å²) >= 11 is 0. The second kappa shape index (κ2) is 9.49. The SMILES string of the molecule is CCC(C)(C)c1ccc(OCCn2c(-c3ccc(OC)cc3)nc3ccccc3c2=O)cc1. The van der Waals surface area contributed by atoms with E-state index >= 15 is 0 Å². The molecule has 0 atom stereocenters. The Balaban J connectivity index is 1.61. The second-order valence-electron chi connectivity index (χ2n) is 8.75. The highest BCUT2D eigenvalue weighted by Crippen LogP contribution is 2.28. The maximum absolute atomic E-state index is 13.3. The molecule has 4 rings (SSSR count). The zero-order chi connectivity index (χ0) is 23.4. The quantitative estimate of drug-likeness (QED) is 0.344. The van der Waals surface area contributed by atoms with Gasteiger partial charge in [0.05, 0.1) is 24.6 Å². The fraction of sp³-hybridized carbons (Fsp3) is 0.286. The average Bonchev–Trinajstić information content (AvgIpc) is 2.85. The molecule has 0 amide bonds. The van der Waals surface area contributed by atoms with E-state index in [2.05, 4.69) is 32.9 Å². The Kier molecular flexibility index (Phi) is 6.50. The van der Waals surface area contributed by atoms with Crippen molar-refractivity contribution in [3.63, 3.8) is 0 Å². The first kappa shape index (κ1) is 22.6. The summed E-state index contributed by atoms with van der Waals surface area (Å²) in [6.45, 7) is 7.42. The summed E-state index contributed by atoms with van der Waals surface area (Å²) in [5, 5.41) is 0.598. The van der Waals surface area contributed by atoms with Gasteiger partial charge >= 0.3 is 0 Å². The number of para-hydroxylation sites is 1. The zero-order valence-electron chi connectivity index (χ0n) is 19.7. The van der Waals surface area contributed by atoms with Gasteiger partial charge in [-0.3, -0.25) is 9.36 Å². The number of ether oxygens (including phenoxy) is 2. The van der Waals surface area contributed by atoms with E-state index in [-0.39, 0.29) is 11.0 Å². The van der Waals surface area contributed by atoms with Crippen molar-refractivity contribution in [2.45, 2.75) is 39.2 Å². The fourth-order valence-corrected chi connectivity index (χ4v) is 3.80. The predicted octanol–water partition coefficient (Wildman–Crippen LogP) is 5.84. The second-order valence-corrected chi connectivity index (χ2v) is 8.75. The number of aromatic nitrogens is 2. The predicted molar refractivity (Wildman–Crippen MR) is 133 cm³/mol. The molecule has 0 aliphatic rings. The summed E-state index contributed by atoms with van der Waals surface area (Å²) in [4.78, 5) is 18.1. The summed E-state index contributed by atoms with van der Waals surface area (Å²) in [7, 11) is 1.63. The molecule has 5 heteroatoms. The van der Waals surface area contributed by atoms with Crippen molar-refractivity contribution in [3.05, 3.63) is 88.7 Å². The lowest BCUT2D eigenvalue weighted by molar-refractivity contribution is 0.296. The number of rotatable bonds is 8. The number of hydrogen-bond donors (Lipinski definition) is 0. The van der Waals surface area contributed by atoms with E-state index in [9.17, 15) is 4.79 Å². The lowest BCUT2D eigenvalue weighted by Crippen LogP contribution is -2.26. The molecule has 0 aliphatic carbocycles. The fourth-order valence-electron chi connectivity index (χ4n) is 3.80. The van der Waals surface area contributed by atoms with Crippen LogP contribution in [0.2, 0.25) is 0 Å². The highest BCUT2D eigenvalue weighted by Gasteiger charge is 2.18. The molecule has 3 aromatic carbocycles. The van der Waals surface area contributed by atoms with Crippen LogP contribution in [-0.4, -0.2) is 23.3 Å². The smallest absolute Gasteiger partial charge is 0.261 e. The van der Waals surface area contributed by atoms with Gasteiger partial charge in [0, 0.05) is 5.56 Å². The Morgan fingerprint density at radius 2 is 1.58 bits per heavy atom. The molecular weight excluding hydrogens is 412 g/mol. The van der Waals surface area contributed by atoms with Crippen LogP contribution in [0.1, 0.15) is 32.8 Å². The molecule has 0 aliphatic heterocycles. The number of hydrogen-bond acceptors (Lipinski definition) is 4. The molecule has 0 N–H and O–H groups in total. The zero-order valence-corrected chi connectivity index (χ0v) is 19.7. The number of nitrogens with zero attached hydrogens (tertiary/aromatic N) is 2. The van der Waals surface area contributed by atoms with Gasteiger partial charge in [-0.1, -0.05) is 45.0 Å². The van der Waals surface area contributed by atoms with Gasteiger partial charge in [-0.15, -0.1) is 0 Å². The van der Waals surface area contributed by atoms with Crippen molar-refractivity contribution in [2.75, 3.05) is 13.7 Å². The van der Waals surface area contributed by atoms with E-state index in [1.54, 1.807) is 11.7 Å². The molecule has 170 valence electrons. The third-order valence-electron chi connectivity index (χ3n) is 6.31. The van der Waals surface area contributed by atoms with Crippen LogP contribution < -0.4 is 15.0 Å². The topological polar surface area (TPSA) is 53.4 Å². The van der Waals surface area contributed by atoms with Crippen LogP contribution in [0.15, 0.2) is 77.6 Å². The maximum Gasteiger partial charge on any atom is 0.261 e. The van der Waals surface area contributed by atoms with E-state index < -0.39 is 0 Å². The van der Waals surface area contributed by atoms with Gasteiger partial charge in [-0.25, -0.2) is 4.98 Å². The molecule has 1 heterocycles. The van der Waals surface area contributed by atoms with Crippen molar-refractivity contribution < 1.29 is 9.47 Å². The van der Waals surface area contributed by atoms with Crippen molar-refractivity contribution in [3.8, 4) is 22.9 Å². The number of benzene rings is 3. The third-order valence-corrected chi connectivity index (χ3v) is 6.31. The molecule has 0 fully saturated rings. The van der Waals surface area contributed by atoms with E-state index in [1.165, 1.54) is 5.56 Å². The average molecular weight is 443 g/mol. The Bertz CT molecular complexity index is 1290. The molecule has 0 unspecified atom stereocenters. The lowest BCUT2D eigenvalue weighted by atomic mass is 9.82. The van der Waals surface area contributed by atoms with Gasteiger partial charge < -0.3 is 9.47 Å². The summed E-state index contributed by atoms with van der Waals surface area (Å²) in [5.74, 6) is 2.16. The first-order valence-corrected chi connectivity index (χ1v) is 11.3. The van der Waals surface area contributed by atoms with Gasteiger partial charge in [-0.05, 0) is 65.9 Å². The van der Waals surface area contributed by atoms with E-state index in [0.717, 1.165) is 23.5 Å². The Morgan fingerprint density at radius 1 is 0.909 bits per heavy atom. The van der Waals surface area contributed by atoms with Crippen LogP contribution in [0.5, 0.6) is 11.5 Å². The normalized spacial score (nSPS) is 11.5. The lowest BCUT2D eigenvalue weighted by Gasteiger charge is -2.23. The van der Waals surface area contributed by atoms with Gasteiger partial charge in [0.2, 0.25) is 0 Å². The first-order valence-electron chi connectivity index (χ1n) is 11.3. The summed E-state index contributed by atoms with van der Waals surface area (Å²) in [6.07, 6.45) is 1.07. The minimum atomic E-state index is -0.0740. The maximum atomic E-state index is 13.3. The van der Waals surface area contributed by atoms with Gasteiger partial charge in [-0.2, -0.15) is 0 Å². The van der Waals surface area contributed by atoms with E-state index in [0.29, 0.717) is 29.9 Å². The number of fused-ring (bicyclic) bond motifs is 1.